The summed E-state index contributed by atoms with van der Waals surface area (Å²) in [4.78, 5) is 11.8. The molecule has 0 aliphatic rings. The molecule has 0 saturated heterocycles. The predicted octanol–water partition coefficient (Wildman–Crippen LogP) is 5.28. The molecule has 1 aromatic rings. The van der Waals surface area contributed by atoms with Crippen LogP contribution in [0.2, 0.25) is 0 Å². The van der Waals surface area contributed by atoms with E-state index in [1.165, 1.54) is 0 Å². The van der Waals surface area contributed by atoms with Crippen molar-refractivity contribution in [3.05, 3.63) is 19.2 Å². The smallest absolute Gasteiger partial charge is 0.164 e. The van der Waals surface area contributed by atoms with Gasteiger partial charge in [0.15, 0.2) is 5.78 Å². The van der Waals surface area contributed by atoms with Crippen molar-refractivity contribution < 1.29 is 4.79 Å². The normalized spacial score (nSPS) is 11.0. The van der Waals surface area contributed by atoms with Gasteiger partial charge in [0.25, 0.3) is 0 Å². The standard InChI is InChI=1S/C11H14Br2OS/c1-7(2)4-3-5-9(14)8-6-10(12)15-11(8)13/h6-7H,3-5H2,1-2H3. The molecule has 4 heteroatoms. The summed E-state index contributed by atoms with van der Waals surface area (Å²) >= 11 is 8.34. The molecule has 0 bridgehead atoms. The number of thiophene rings is 1. The second-order valence-electron chi connectivity index (χ2n) is 3.95. The van der Waals surface area contributed by atoms with Gasteiger partial charge >= 0.3 is 0 Å². The Balaban J connectivity index is 2.50. The van der Waals surface area contributed by atoms with Gasteiger partial charge in [0, 0.05) is 12.0 Å². The highest BCUT2D eigenvalue weighted by Crippen LogP contribution is 2.32. The molecule has 1 nitrogen and oxygen atoms in total. The number of hydrogen-bond acceptors (Lipinski definition) is 2. The average Bonchev–Trinajstić information content (AvgIpc) is 2.44. The van der Waals surface area contributed by atoms with Crippen LogP contribution in [-0.2, 0) is 0 Å². The van der Waals surface area contributed by atoms with Crippen molar-refractivity contribution >= 4 is 49.0 Å². The van der Waals surface area contributed by atoms with Gasteiger partial charge in [-0.3, -0.25) is 4.79 Å². The van der Waals surface area contributed by atoms with Gasteiger partial charge in [-0.25, -0.2) is 0 Å². The van der Waals surface area contributed by atoms with E-state index in [1.807, 2.05) is 6.07 Å². The molecule has 1 rings (SSSR count). The lowest BCUT2D eigenvalue weighted by Crippen LogP contribution is -1.99. The quantitative estimate of drug-likeness (QED) is 0.658. The Morgan fingerprint density at radius 2 is 2.13 bits per heavy atom. The van der Waals surface area contributed by atoms with Crippen LogP contribution in [0.3, 0.4) is 0 Å². The highest BCUT2D eigenvalue weighted by Gasteiger charge is 2.13. The van der Waals surface area contributed by atoms with Crippen molar-refractivity contribution in [1.82, 2.24) is 0 Å². The number of hydrogen-bond donors (Lipinski definition) is 0. The maximum Gasteiger partial charge on any atom is 0.164 e. The van der Waals surface area contributed by atoms with Gasteiger partial charge < -0.3 is 0 Å². The summed E-state index contributed by atoms with van der Waals surface area (Å²) in [5.41, 5.74) is 0.815. The Morgan fingerprint density at radius 3 is 2.60 bits per heavy atom. The molecule has 0 N–H and O–H groups in total. The number of ketones is 1. The molecule has 0 aliphatic carbocycles. The molecule has 0 atom stereocenters. The SMILES string of the molecule is CC(C)CCCC(=O)c1cc(Br)sc1Br. The van der Waals surface area contributed by atoms with Gasteiger partial charge in [-0.05, 0) is 50.3 Å². The highest BCUT2D eigenvalue weighted by atomic mass is 79.9. The van der Waals surface area contributed by atoms with Crippen LogP contribution < -0.4 is 0 Å². The van der Waals surface area contributed by atoms with E-state index in [1.54, 1.807) is 11.3 Å². The first-order valence-corrected chi connectivity index (χ1v) is 7.39. The second-order valence-corrected chi connectivity index (χ2v) is 7.70. The monoisotopic (exact) mass is 352 g/mol. The maximum absolute atomic E-state index is 11.8. The van der Waals surface area contributed by atoms with Gasteiger partial charge in [0.05, 0.1) is 7.57 Å². The number of rotatable bonds is 5. The molecular weight excluding hydrogens is 340 g/mol. The topological polar surface area (TPSA) is 17.1 Å². The zero-order chi connectivity index (χ0) is 11.4. The van der Waals surface area contributed by atoms with E-state index in [0.29, 0.717) is 12.3 Å². The van der Waals surface area contributed by atoms with E-state index < -0.39 is 0 Å². The summed E-state index contributed by atoms with van der Waals surface area (Å²) in [6.07, 6.45) is 2.75. The van der Waals surface area contributed by atoms with Gasteiger partial charge in [0.1, 0.15) is 0 Å². The van der Waals surface area contributed by atoms with Crippen molar-refractivity contribution in [1.29, 1.82) is 0 Å². The Bertz CT molecular complexity index is 344. The first-order chi connectivity index (χ1) is 7.00. The molecule has 0 spiro atoms. The largest absolute Gasteiger partial charge is 0.294 e. The van der Waals surface area contributed by atoms with Crippen LogP contribution in [0, 0.1) is 5.92 Å². The van der Waals surface area contributed by atoms with E-state index >= 15 is 0 Å². The third-order valence-electron chi connectivity index (χ3n) is 2.14. The van der Waals surface area contributed by atoms with Crippen molar-refractivity contribution in [3.63, 3.8) is 0 Å². The molecule has 84 valence electrons. The Kier molecular flexibility index (Phi) is 5.50. The third-order valence-corrected chi connectivity index (χ3v) is 4.48. The predicted molar refractivity (Wildman–Crippen MR) is 72.7 cm³/mol. The molecule has 0 radical (unpaired) electrons. The van der Waals surface area contributed by atoms with Crippen LogP contribution in [0.25, 0.3) is 0 Å². The van der Waals surface area contributed by atoms with Crippen molar-refractivity contribution in [3.8, 4) is 0 Å². The number of carbonyl (C=O) groups is 1. The Morgan fingerprint density at radius 1 is 1.47 bits per heavy atom. The summed E-state index contributed by atoms with van der Waals surface area (Å²) < 4.78 is 1.94. The van der Waals surface area contributed by atoms with Crippen LogP contribution in [0.5, 0.6) is 0 Å². The Hall–Kier alpha value is 0.330. The van der Waals surface area contributed by atoms with E-state index in [0.717, 1.165) is 26.0 Å². The van der Waals surface area contributed by atoms with E-state index in [2.05, 4.69) is 45.7 Å². The number of carbonyl (C=O) groups excluding carboxylic acids is 1. The van der Waals surface area contributed by atoms with E-state index in [9.17, 15) is 4.79 Å². The van der Waals surface area contributed by atoms with Crippen LogP contribution in [0.4, 0.5) is 0 Å². The number of Topliss-reactive ketones (excluding diaryl/α,β-unsaturated/α-hetero) is 1. The fourth-order valence-corrected chi connectivity index (χ4v) is 4.19. The van der Waals surface area contributed by atoms with Crippen LogP contribution in [0.15, 0.2) is 13.6 Å². The number of halogens is 2. The first-order valence-electron chi connectivity index (χ1n) is 4.98. The van der Waals surface area contributed by atoms with Crippen LogP contribution in [-0.4, -0.2) is 5.78 Å². The Labute approximate surface area is 112 Å². The molecule has 0 amide bonds. The van der Waals surface area contributed by atoms with Gasteiger partial charge in [-0.2, -0.15) is 0 Å². The van der Waals surface area contributed by atoms with Crippen molar-refractivity contribution in [2.45, 2.75) is 33.1 Å². The fraction of sp³-hybridized carbons (Fsp3) is 0.545. The molecule has 0 saturated carbocycles. The van der Waals surface area contributed by atoms with Crippen molar-refractivity contribution in [2.24, 2.45) is 5.92 Å². The molecule has 1 aromatic heterocycles. The lowest BCUT2D eigenvalue weighted by atomic mass is 10.0. The summed E-state index contributed by atoms with van der Waals surface area (Å²) in [5.74, 6) is 0.917. The minimum Gasteiger partial charge on any atom is -0.294 e. The molecule has 0 aliphatic heterocycles. The zero-order valence-electron chi connectivity index (χ0n) is 8.85. The van der Waals surface area contributed by atoms with E-state index in [-0.39, 0.29) is 5.78 Å². The lowest BCUT2D eigenvalue weighted by molar-refractivity contribution is 0.0978. The highest BCUT2D eigenvalue weighted by molar-refractivity contribution is 9.12. The third kappa shape index (κ3) is 4.37. The molecular formula is C11H14Br2OS. The molecule has 1 heterocycles. The summed E-state index contributed by atoms with van der Waals surface area (Å²) in [5, 5.41) is 0. The first kappa shape index (κ1) is 13.4. The van der Waals surface area contributed by atoms with Crippen molar-refractivity contribution in [2.75, 3.05) is 0 Å². The summed E-state index contributed by atoms with van der Waals surface area (Å²) in [6.45, 7) is 4.36. The molecule has 0 unspecified atom stereocenters. The molecule has 0 aromatic carbocycles. The van der Waals surface area contributed by atoms with E-state index in [4.69, 9.17) is 0 Å². The summed E-state index contributed by atoms with van der Waals surface area (Å²) in [7, 11) is 0. The van der Waals surface area contributed by atoms with Crippen LogP contribution >= 0.6 is 43.2 Å². The van der Waals surface area contributed by atoms with Gasteiger partial charge in [0.2, 0.25) is 0 Å². The van der Waals surface area contributed by atoms with Crippen LogP contribution in [0.1, 0.15) is 43.5 Å². The van der Waals surface area contributed by atoms with Gasteiger partial charge in [-0.15, -0.1) is 11.3 Å². The zero-order valence-corrected chi connectivity index (χ0v) is 12.8. The molecule has 0 fully saturated rings. The minimum atomic E-state index is 0.240. The lowest BCUT2D eigenvalue weighted by Gasteiger charge is -2.03. The second kappa shape index (κ2) is 6.16. The summed E-state index contributed by atoms with van der Waals surface area (Å²) in [6, 6.07) is 1.90. The average molecular weight is 354 g/mol. The van der Waals surface area contributed by atoms with Gasteiger partial charge in [-0.1, -0.05) is 20.3 Å². The fourth-order valence-electron chi connectivity index (χ4n) is 1.34. The maximum atomic E-state index is 11.8. The molecule has 15 heavy (non-hydrogen) atoms. The minimum absolute atomic E-state index is 0.240.